The molecule has 1 amide bonds. The predicted octanol–water partition coefficient (Wildman–Crippen LogP) is 1.93. The van der Waals surface area contributed by atoms with Gasteiger partial charge in [-0.2, -0.15) is 0 Å². The molecule has 1 aliphatic rings. The highest BCUT2D eigenvalue weighted by molar-refractivity contribution is 5.76. The molecular formula is C13H26N2O. The van der Waals surface area contributed by atoms with Crippen molar-refractivity contribution in [3.63, 3.8) is 0 Å². The van der Waals surface area contributed by atoms with Gasteiger partial charge in [-0.3, -0.25) is 4.79 Å². The van der Waals surface area contributed by atoms with E-state index >= 15 is 0 Å². The fraction of sp³-hybridized carbons (Fsp3) is 0.923. The lowest BCUT2D eigenvalue weighted by atomic mass is 9.80. The summed E-state index contributed by atoms with van der Waals surface area (Å²) in [6, 6.07) is 0.410. The molecule has 0 saturated heterocycles. The van der Waals surface area contributed by atoms with Crippen LogP contribution >= 0.6 is 0 Å². The summed E-state index contributed by atoms with van der Waals surface area (Å²) in [7, 11) is 0. The third kappa shape index (κ3) is 4.97. The standard InChI is InChI=1S/C13H26N2O/c1-4-14-6-5-13(16)15-12-8-10(2)7-11(3)9-12/h10-12,14H,4-9H2,1-3H3,(H,15,16). The van der Waals surface area contributed by atoms with Crippen LogP contribution in [0.3, 0.4) is 0 Å². The van der Waals surface area contributed by atoms with Gasteiger partial charge in [0.25, 0.3) is 0 Å². The average molecular weight is 226 g/mol. The molecule has 0 bridgehead atoms. The molecule has 0 aromatic carbocycles. The Morgan fingerprint density at radius 3 is 2.38 bits per heavy atom. The Balaban J connectivity index is 2.22. The van der Waals surface area contributed by atoms with Gasteiger partial charge in [0.2, 0.25) is 5.91 Å². The summed E-state index contributed by atoms with van der Waals surface area (Å²) in [6.07, 6.45) is 4.21. The second-order valence-corrected chi connectivity index (χ2v) is 5.29. The number of rotatable bonds is 5. The van der Waals surface area contributed by atoms with Gasteiger partial charge in [-0.25, -0.2) is 0 Å². The van der Waals surface area contributed by atoms with Crippen LogP contribution in [0.5, 0.6) is 0 Å². The third-order valence-electron chi connectivity index (χ3n) is 3.32. The molecule has 2 N–H and O–H groups in total. The third-order valence-corrected chi connectivity index (χ3v) is 3.32. The quantitative estimate of drug-likeness (QED) is 0.703. The van der Waals surface area contributed by atoms with E-state index in [1.807, 2.05) is 0 Å². The van der Waals surface area contributed by atoms with Gasteiger partial charge in [0.1, 0.15) is 0 Å². The van der Waals surface area contributed by atoms with Gasteiger partial charge in [-0.05, 0) is 37.6 Å². The van der Waals surface area contributed by atoms with E-state index in [-0.39, 0.29) is 5.91 Å². The van der Waals surface area contributed by atoms with Crippen LogP contribution in [-0.4, -0.2) is 25.0 Å². The highest BCUT2D eigenvalue weighted by atomic mass is 16.1. The summed E-state index contributed by atoms with van der Waals surface area (Å²) >= 11 is 0. The largest absolute Gasteiger partial charge is 0.353 e. The predicted molar refractivity (Wildman–Crippen MR) is 67.3 cm³/mol. The molecule has 3 heteroatoms. The second-order valence-electron chi connectivity index (χ2n) is 5.29. The van der Waals surface area contributed by atoms with E-state index in [2.05, 4.69) is 31.4 Å². The maximum absolute atomic E-state index is 11.6. The van der Waals surface area contributed by atoms with Crippen LogP contribution < -0.4 is 10.6 Å². The van der Waals surface area contributed by atoms with Crippen LogP contribution in [0.25, 0.3) is 0 Å². The SMILES string of the molecule is CCNCCC(=O)NC1CC(C)CC(C)C1. The lowest BCUT2D eigenvalue weighted by molar-refractivity contribution is -0.122. The van der Waals surface area contributed by atoms with Crippen molar-refractivity contribution in [3.05, 3.63) is 0 Å². The number of nitrogens with one attached hydrogen (secondary N) is 2. The Bertz CT molecular complexity index is 208. The summed E-state index contributed by atoms with van der Waals surface area (Å²) in [5.74, 6) is 1.71. The molecule has 1 fully saturated rings. The maximum Gasteiger partial charge on any atom is 0.221 e. The zero-order chi connectivity index (χ0) is 12.0. The Morgan fingerprint density at radius 1 is 1.19 bits per heavy atom. The van der Waals surface area contributed by atoms with Gasteiger partial charge in [0.05, 0.1) is 0 Å². The summed E-state index contributed by atoms with van der Waals surface area (Å²) < 4.78 is 0. The van der Waals surface area contributed by atoms with Gasteiger partial charge in [-0.1, -0.05) is 20.8 Å². The minimum atomic E-state index is 0.201. The van der Waals surface area contributed by atoms with E-state index in [9.17, 15) is 4.79 Å². The molecule has 2 atom stereocenters. The molecule has 0 radical (unpaired) electrons. The fourth-order valence-corrected chi connectivity index (χ4v) is 2.74. The van der Waals surface area contributed by atoms with Crippen molar-refractivity contribution in [3.8, 4) is 0 Å². The maximum atomic E-state index is 11.6. The zero-order valence-corrected chi connectivity index (χ0v) is 10.9. The number of hydrogen-bond acceptors (Lipinski definition) is 2. The lowest BCUT2D eigenvalue weighted by Crippen LogP contribution is -2.40. The summed E-state index contributed by atoms with van der Waals surface area (Å²) in [6.45, 7) is 8.36. The second kappa shape index (κ2) is 6.89. The molecule has 16 heavy (non-hydrogen) atoms. The van der Waals surface area contributed by atoms with Crippen molar-refractivity contribution in [2.75, 3.05) is 13.1 Å². The first-order valence-electron chi connectivity index (χ1n) is 6.61. The summed E-state index contributed by atoms with van der Waals surface area (Å²) in [5, 5.41) is 6.33. The van der Waals surface area contributed by atoms with Crippen LogP contribution in [0.1, 0.15) is 46.5 Å². The van der Waals surface area contributed by atoms with Gasteiger partial charge >= 0.3 is 0 Å². The van der Waals surface area contributed by atoms with Crippen LogP contribution in [0.15, 0.2) is 0 Å². The number of hydrogen-bond donors (Lipinski definition) is 2. The molecule has 1 aliphatic carbocycles. The number of carbonyl (C=O) groups excluding carboxylic acids is 1. The van der Waals surface area contributed by atoms with Crippen molar-refractivity contribution in [1.29, 1.82) is 0 Å². The van der Waals surface area contributed by atoms with Crippen LogP contribution in [0.2, 0.25) is 0 Å². The molecule has 0 aromatic heterocycles. The fourth-order valence-electron chi connectivity index (χ4n) is 2.74. The smallest absolute Gasteiger partial charge is 0.221 e. The first-order valence-corrected chi connectivity index (χ1v) is 6.61. The molecule has 2 unspecified atom stereocenters. The lowest BCUT2D eigenvalue weighted by Gasteiger charge is -2.32. The van der Waals surface area contributed by atoms with Crippen molar-refractivity contribution >= 4 is 5.91 Å². The molecule has 0 aromatic rings. The number of carbonyl (C=O) groups is 1. The Labute approximate surface area is 99.4 Å². The molecule has 0 heterocycles. The van der Waals surface area contributed by atoms with E-state index < -0.39 is 0 Å². The molecule has 0 spiro atoms. The first kappa shape index (κ1) is 13.5. The summed E-state index contributed by atoms with van der Waals surface area (Å²) in [5.41, 5.74) is 0. The zero-order valence-electron chi connectivity index (χ0n) is 10.9. The molecule has 3 nitrogen and oxygen atoms in total. The molecule has 0 aliphatic heterocycles. The van der Waals surface area contributed by atoms with Crippen molar-refractivity contribution in [2.45, 2.75) is 52.5 Å². The van der Waals surface area contributed by atoms with Gasteiger partial charge in [0.15, 0.2) is 0 Å². The topological polar surface area (TPSA) is 41.1 Å². The van der Waals surface area contributed by atoms with Gasteiger partial charge < -0.3 is 10.6 Å². The van der Waals surface area contributed by atoms with Crippen molar-refractivity contribution < 1.29 is 4.79 Å². The average Bonchev–Trinajstić information content (AvgIpc) is 2.16. The number of amides is 1. The Kier molecular flexibility index (Phi) is 5.81. The summed E-state index contributed by atoms with van der Waals surface area (Å²) in [4.78, 5) is 11.6. The Hall–Kier alpha value is -0.570. The van der Waals surface area contributed by atoms with Crippen LogP contribution in [0, 0.1) is 11.8 Å². The van der Waals surface area contributed by atoms with E-state index in [1.54, 1.807) is 0 Å². The van der Waals surface area contributed by atoms with Crippen LogP contribution in [-0.2, 0) is 4.79 Å². The van der Waals surface area contributed by atoms with E-state index in [1.165, 1.54) is 6.42 Å². The highest BCUT2D eigenvalue weighted by Crippen LogP contribution is 2.28. The Morgan fingerprint density at radius 2 is 1.81 bits per heavy atom. The molecule has 1 saturated carbocycles. The van der Waals surface area contributed by atoms with E-state index in [0.29, 0.717) is 12.5 Å². The monoisotopic (exact) mass is 226 g/mol. The van der Waals surface area contributed by atoms with Gasteiger partial charge in [0, 0.05) is 19.0 Å². The van der Waals surface area contributed by atoms with E-state index in [4.69, 9.17) is 0 Å². The van der Waals surface area contributed by atoms with E-state index in [0.717, 1.165) is 37.8 Å². The highest BCUT2D eigenvalue weighted by Gasteiger charge is 2.24. The minimum Gasteiger partial charge on any atom is -0.353 e. The molecular weight excluding hydrogens is 200 g/mol. The van der Waals surface area contributed by atoms with Crippen molar-refractivity contribution in [1.82, 2.24) is 10.6 Å². The molecule has 94 valence electrons. The van der Waals surface area contributed by atoms with Gasteiger partial charge in [-0.15, -0.1) is 0 Å². The molecule has 1 rings (SSSR count). The minimum absolute atomic E-state index is 0.201. The normalized spacial score (nSPS) is 30.1. The van der Waals surface area contributed by atoms with Crippen LogP contribution in [0.4, 0.5) is 0 Å². The van der Waals surface area contributed by atoms with Crippen molar-refractivity contribution in [2.24, 2.45) is 11.8 Å². The first-order chi connectivity index (χ1) is 7.61.